The molecule has 51 heavy (non-hydrogen) atoms. The first-order valence-corrected chi connectivity index (χ1v) is 18.9. The monoisotopic (exact) mass is 700 g/mol. The van der Waals surface area contributed by atoms with Gasteiger partial charge in [0.1, 0.15) is 48.6 Å². The number of carbonyl (C=O) groups excluding carboxylic acids is 1. The van der Waals surface area contributed by atoms with E-state index in [9.17, 15) is 20.1 Å². The summed E-state index contributed by atoms with van der Waals surface area (Å²) >= 11 is 0. The summed E-state index contributed by atoms with van der Waals surface area (Å²) in [6.07, 6.45) is 6.82. The minimum Gasteiger partial charge on any atom is -0.508 e. The average Bonchev–Trinajstić information content (AvgIpc) is 3.70. The van der Waals surface area contributed by atoms with Crippen LogP contribution >= 0.6 is 0 Å². The topological polar surface area (TPSA) is 130 Å². The van der Waals surface area contributed by atoms with Gasteiger partial charge in [-0.05, 0) is 61.4 Å². The molecule has 4 aliphatic heterocycles. The van der Waals surface area contributed by atoms with Crippen LogP contribution in [0.1, 0.15) is 68.2 Å². The van der Waals surface area contributed by atoms with Gasteiger partial charge in [0, 0.05) is 43.0 Å². The van der Waals surface area contributed by atoms with Gasteiger partial charge in [0.2, 0.25) is 0 Å². The average molecular weight is 701 g/mol. The third-order valence-corrected chi connectivity index (χ3v) is 11.9. The molecular weight excluding hydrogens is 646 g/mol. The van der Waals surface area contributed by atoms with Crippen molar-refractivity contribution in [3.8, 4) is 17.2 Å². The number of phenolic OH excluding ortho intramolecular Hbond substituents is 1. The van der Waals surface area contributed by atoms with E-state index in [2.05, 4.69) is 41.8 Å². The zero-order chi connectivity index (χ0) is 35.4. The SMILES string of the molecule is CC(Cc1ccc(OCC[N+]23CCC(CC2)[C@@H](OCC(O)(c2ccccc2)C2CCCC2)C3)cc1)NC[C@H](O)c1cc(O)cc2c1OCC(=O)N2. The normalized spacial score (nSPS) is 25.4. The molecule has 8 rings (SSSR count). The molecule has 2 unspecified atom stereocenters. The van der Waals surface area contributed by atoms with Crippen LogP contribution in [0.5, 0.6) is 17.2 Å². The Labute approximate surface area is 301 Å². The predicted octanol–water partition coefficient (Wildman–Crippen LogP) is 5.06. The van der Waals surface area contributed by atoms with Gasteiger partial charge in [0.25, 0.3) is 5.91 Å². The molecule has 3 saturated heterocycles. The summed E-state index contributed by atoms with van der Waals surface area (Å²) < 4.78 is 19.6. The molecule has 4 atom stereocenters. The van der Waals surface area contributed by atoms with Crippen molar-refractivity contribution in [2.24, 2.45) is 11.8 Å². The first-order valence-electron chi connectivity index (χ1n) is 18.9. The standard InChI is InChI=1S/C41H53N3O7/c1-28(42-24-37(46)35-22-33(45)23-36-40(35)50-26-39(47)43-36)21-29-11-13-34(14-12-29)49-20-19-44-17-15-30(16-18-44)38(25-44)51-27-41(48,32-9-5-6-10-32)31-7-3-2-4-8-31/h2-4,7-8,11-14,22-23,28,30,32,37-38,42,46,48H,5-6,9-10,15-21,24-27H2,1H3,(H-,43,45,47)/p+1/t28?,30?,37-,38-,41?,44?/m0/s1. The number of ether oxygens (including phenoxy) is 3. The molecule has 2 bridgehead atoms. The number of hydrogen-bond acceptors (Lipinski definition) is 8. The van der Waals surface area contributed by atoms with E-state index in [1.54, 1.807) is 0 Å². The zero-order valence-electron chi connectivity index (χ0n) is 29.8. The van der Waals surface area contributed by atoms with Crippen molar-refractivity contribution in [2.75, 3.05) is 57.9 Å². The number of fused-ring (bicyclic) bond motifs is 4. The molecule has 4 heterocycles. The Hall–Kier alpha value is -3.67. The number of aromatic hydroxyl groups is 1. The summed E-state index contributed by atoms with van der Waals surface area (Å²) in [5, 5.41) is 39.1. The zero-order valence-corrected chi connectivity index (χ0v) is 29.8. The van der Waals surface area contributed by atoms with E-state index in [0.717, 1.165) is 79.6 Å². The summed E-state index contributed by atoms with van der Waals surface area (Å²) in [5.74, 6) is 1.72. The van der Waals surface area contributed by atoms with Crippen LogP contribution < -0.4 is 20.1 Å². The van der Waals surface area contributed by atoms with Gasteiger partial charge in [-0.15, -0.1) is 0 Å². The van der Waals surface area contributed by atoms with Crippen LogP contribution in [-0.2, 0) is 21.6 Å². The smallest absolute Gasteiger partial charge is 0.262 e. The molecule has 1 aliphatic carbocycles. The largest absolute Gasteiger partial charge is 0.508 e. The quantitative estimate of drug-likeness (QED) is 0.139. The van der Waals surface area contributed by atoms with Gasteiger partial charge in [-0.3, -0.25) is 4.79 Å². The lowest BCUT2D eigenvalue weighted by molar-refractivity contribution is -0.946. The van der Waals surface area contributed by atoms with E-state index in [1.807, 2.05) is 30.3 Å². The summed E-state index contributed by atoms with van der Waals surface area (Å²) in [7, 11) is 0. The van der Waals surface area contributed by atoms with Crippen molar-refractivity contribution < 1.29 is 38.8 Å². The molecule has 5 N–H and O–H groups in total. The Balaban J connectivity index is 0.872. The van der Waals surface area contributed by atoms with Gasteiger partial charge in [0.15, 0.2) is 6.61 Å². The highest BCUT2D eigenvalue weighted by atomic mass is 16.5. The number of benzene rings is 3. The number of amides is 1. The minimum absolute atomic E-state index is 0.0468. The van der Waals surface area contributed by atoms with Gasteiger partial charge in [-0.1, -0.05) is 55.3 Å². The molecule has 0 aromatic heterocycles. The van der Waals surface area contributed by atoms with Crippen LogP contribution in [0.25, 0.3) is 0 Å². The number of nitrogens with one attached hydrogen (secondary N) is 2. The maximum atomic E-state index is 12.0. The lowest BCUT2D eigenvalue weighted by Gasteiger charge is -2.52. The van der Waals surface area contributed by atoms with Crippen LogP contribution in [0.3, 0.4) is 0 Å². The van der Waals surface area contributed by atoms with E-state index < -0.39 is 11.7 Å². The molecule has 1 saturated carbocycles. The Morgan fingerprint density at radius 1 is 1.04 bits per heavy atom. The Bertz CT molecular complexity index is 1620. The highest BCUT2D eigenvalue weighted by molar-refractivity contribution is 5.96. The third kappa shape index (κ3) is 8.21. The second-order valence-electron chi connectivity index (χ2n) is 15.4. The number of quaternary nitrogens is 1. The lowest BCUT2D eigenvalue weighted by Crippen LogP contribution is -2.65. The third-order valence-electron chi connectivity index (χ3n) is 11.9. The number of nitrogens with zero attached hydrogens (tertiary/aromatic N) is 1. The highest BCUT2D eigenvalue weighted by Crippen LogP contribution is 2.43. The first-order chi connectivity index (χ1) is 24.7. The van der Waals surface area contributed by atoms with Crippen molar-refractivity contribution in [3.05, 3.63) is 83.4 Å². The van der Waals surface area contributed by atoms with Crippen molar-refractivity contribution in [3.63, 3.8) is 0 Å². The minimum atomic E-state index is -0.928. The number of aliphatic hydroxyl groups excluding tert-OH is 1. The molecule has 0 radical (unpaired) electrons. The molecule has 3 aromatic carbocycles. The second kappa shape index (κ2) is 15.5. The number of hydrogen-bond donors (Lipinski definition) is 5. The molecule has 4 fully saturated rings. The Morgan fingerprint density at radius 2 is 1.78 bits per heavy atom. The Kier molecular flexibility index (Phi) is 10.9. The van der Waals surface area contributed by atoms with Crippen LogP contribution in [0.15, 0.2) is 66.7 Å². The fourth-order valence-electron chi connectivity index (χ4n) is 8.91. The Morgan fingerprint density at radius 3 is 2.53 bits per heavy atom. The summed E-state index contributed by atoms with van der Waals surface area (Å²) in [4.78, 5) is 11.7. The number of phenols is 1. The summed E-state index contributed by atoms with van der Waals surface area (Å²) in [5.41, 5.74) is 2.01. The predicted molar refractivity (Wildman–Crippen MR) is 195 cm³/mol. The number of rotatable bonds is 15. The fourth-order valence-corrected chi connectivity index (χ4v) is 8.91. The number of anilines is 1. The van der Waals surface area contributed by atoms with E-state index in [0.29, 0.717) is 36.1 Å². The van der Waals surface area contributed by atoms with E-state index in [1.165, 1.54) is 25.0 Å². The maximum Gasteiger partial charge on any atom is 0.262 e. The van der Waals surface area contributed by atoms with E-state index >= 15 is 0 Å². The first kappa shape index (κ1) is 35.7. The lowest BCUT2D eigenvalue weighted by atomic mass is 9.80. The van der Waals surface area contributed by atoms with Gasteiger partial charge >= 0.3 is 0 Å². The number of aliphatic hydroxyl groups is 2. The van der Waals surface area contributed by atoms with Gasteiger partial charge < -0.3 is 44.6 Å². The molecule has 5 aliphatic rings. The van der Waals surface area contributed by atoms with E-state index in [4.69, 9.17) is 14.2 Å². The van der Waals surface area contributed by atoms with Gasteiger partial charge in [-0.25, -0.2) is 0 Å². The van der Waals surface area contributed by atoms with Gasteiger partial charge in [0.05, 0.1) is 31.5 Å². The highest BCUT2D eigenvalue weighted by Gasteiger charge is 2.48. The van der Waals surface area contributed by atoms with Crippen molar-refractivity contribution >= 4 is 11.6 Å². The van der Waals surface area contributed by atoms with Crippen LogP contribution in [0, 0.1) is 11.8 Å². The summed E-state index contributed by atoms with van der Waals surface area (Å²) in [6, 6.07) is 21.4. The molecule has 1 amide bonds. The maximum absolute atomic E-state index is 12.0. The van der Waals surface area contributed by atoms with Crippen LogP contribution in [0.2, 0.25) is 0 Å². The molecule has 3 aromatic rings. The van der Waals surface area contributed by atoms with Crippen molar-refractivity contribution in [1.82, 2.24) is 5.32 Å². The molecule has 10 heteroatoms. The molecule has 0 spiro atoms. The van der Waals surface area contributed by atoms with Crippen molar-refractivity contribution in [2.45, 2.75) is 75.7 Å². The van der Waals surface area contributed by atoms with E-state index in [-0.39, 0.29) is 42.9 Å². The molecule has 10 nitrogen and oxygen atoms in total. The fraction of sp³-hybridized carbons (Fsp3) is 0.537. The molecule has 274 valence electrons. The van der Waals surface area contributed by atoms with Gasteiger partial charge in [-0.2, -0.15) is 0 Å². The molecular formula is C41H54N3O7+. The second-order valence-corrected chi connectivity index (χ2v) is 15.4. The van der Waals surface area contributed by atoms with Crippen molar-refractivity contribution in [1.29, 1.82) is 0 Å². The number of carbonyl (C=O) groups is 1. The van der Waals surface area contributed by atoms with Crippen LogP contribution in [-0.4, -0.2) is 90.4 Å². The van der Waals surface area contributed by atoms with Crippen LogP contribution in [0.4, 0.5) is 5.69 Å². The summed E-state index contributed by atoms with van der Waals surface area (Å²) in [6.45, 7) is 7.48. The number of piperidine rings is 3.